The average Bonchev–Trinajstić information content (AvgIpc) is 2.95. The first kappa shape index (κ1) is 8.33. The number of rotatable bonds is 3. The first-order chi connectivity index (χ1) is 6.67. The smallest absolute Gasteiger partial charge is 0.203 e. The molecule has 3 rings (SSSR count). The number of nitrogens with zero attached hydrogens (tertiary/aromatic N) is 2. The van der Waals surface area contributed by atoms with Crippen molar-refractivity contribution in [2.24, 2.45) is 5.41 Å². The zero-order chi connectivity index (χ0) is 9.76. The topological polar surface area (TPSA) is 29.9 Å². The van der Waals surface area contributed by atoms with Gasteiger partial charge in [0, 0.05) is 24.5 Å². The number of aromatic nitrogens is 2. The lowest BCUT2D eigenvalue weighted by atomic mass is 10.2. The zero-order valence-electron chi connectivity index (χ0n) is 8.83. The highest BCUT2D eigenvalue weighted by Crippen LogP contribution is 2.56. The number of nitrogens with one attached hydrogen (secondary N) is 1. The second kappa shape index (κ2) is 2.53. The lowest BCUT2D eigenvalue weighted by molar-refractivity contribution is 0.543. The minimum absolute atomic E-state index is 0.473. The van der Waals surface area contributed by atoms with E-state index in [4.69, 9.17) is 0 Å². The van der Waals surface area contributed by atoms with Crippen molar-refractivity contribution in [1.82, 2.24) is 9.55 Å². The predicted molar refractivity (Wildman–Crippen MR) is 56.3 cm³/mol. The van der Waals surface area contributed by atoms with Crippen molar-refractivity contribution in [2.45, 2.75) is 45.2 Å². The SMILES string of the molecule is CC1(C)CC1n1ccnc1NC1CC1. The summed E-state index contributed by atoms with van der Waals surface area (Å²) in [5, 5.41) is 3.48. The molecule has 0 radical (unpaired) electrons. The molecule has 0 aliphatic heterocycles. The Balaban J connectivity index is 1.80. The van der Waals surface area contributed by atoms with Crippen LogP contribution in [0.5, 0.6) is 0 Å². The fraction of sp³-hybridized carbons (Fsp3) is 0.727. The van der Waals surface area contributed by atoms with Crippen LogP contribution in [0.3, 0.4) is 0 Å². The first-order valence-electron chi connectivity index (χ1n) is 5.46. The van der Waals surface area contributed by atoms with Crippen molar-refractivity contribution in [3.8, 4) is 0 Å². The molecular weight excluding hydrogens is 174 g/mol. The van der Waals surface area contributed by atoms with Gasteiger partial charge in [-0.05, 0) is 24.7 Å². The Morgan fingerprint density at radius 2 is 2.21 bits per heavy atom. The molecule has 2 aliphatic carbocycles. The van der Waals surface area contributed by atoms with Gasteiger partial charge in [0.2, 0.25) is 5.95 Å². The third-order valence-electron chi connectivity index (χ3n) is 3.38. The summed E-state index contributed by atoms with van der Waals surface area (Å²) in [7, 11) is 0. The number of imidazole rings is 1. The molecule has 1 atom stereocenters. The Labute approximate surface area is 84.5 Å². The molecule has 1 N–H and O–H groups in total. The van der Waals surface area contributed by atoms with E-state index < -0.39 is 0 Å². The molecule has 0 aromatic carbocycles. The van der Waals surface area contributed by atoms with E-state index in [0.29, 0.717) is 17.5 Å². The molecule has 0 bridgehead atoms. The Bertz CT molecular complexity index is 349. The van der Waals surface area contributed by atoms with Crippen molar-refractivity contribution in [3.63, 3.8) is 0 Å². The van der Waals surface area contributed by atoms with Gasteiger partial charge in [-0.3, -0.25) is 0 Å². The quantitative estimate of drug-likeness (QED) is 0.795. The molecular formula is C11H17N3. The molecule has 0 saturated heterocycles. The van der Waals surface area contributed by atoms with E-state index in [-0.39, 0.29) is 0 Å². The summed E-state index contributed by atoms with van der Waals surface area (Å²) in [6.07, 6.45) is 7.90. The molecule has 14 heavy (non-hydrogen) atoms. The van der Waals surface area contributed by atoms with Crippen LogP contribution in [0.4, 0.5) is 5.95 Å². The maximum Gasteiger partial charge on any atom is 0.203 e. The standard InChI is InChI=1S/C11H17N3/c1-11(2)7-9(11)14-6-5-12-10(14)13-8-3-4-8/h5-6,8-9H,3-4,7H2,1-2H3,(H,12,13). The van der Waals surface area contributed by atoms with Crippen molar-refractivity contribution in [1.29, 1.82) is 0 Å². The minimum Gasteiger partial charge on any atom is -0.353 e. The largest absolute Gasteiger partial charge is 0.353 e. The van der Waals surface area contributed by atoms with Gasteiger partial charge in [0.15, 0.2) is 0 Å². The van der Waals surface area contributed by atoms with Gasteiger partial charge >= 0.3 is 0 Å². The molecule has 2 saturated carbocycles. The highest BCUT2D eigenvalue weighted by Gasteiger charge is 2.47. The Hall–Kier alpha value is -0.990. The summed E-state index contributed by atoms with van der Waals surface area (Å²) in [5.41, 5.74) is 0.473. The van der Waals surface area contributed by atoms with Gasteiger partial charge in [-0.1, -0.05) is 13.8 Å². The Kier molecular flexibility index (Phi) is 1.50. The minimum atomic E-state index is 0.473. The van der Waals surface area contributed by atoms with Gasteiger partial charge in [0.25, 0.3) is 0 Å². The van der Waals surface area contributed by atoms with Crippen LogP contribution in [-0.4, -0.2) is 15.6 Å². The second-order valence-electron chi connectivity index (χ2n) is 5.29. The lowest BCUT2D eigenvalue weighted by Crippen LogP contribution is -2.09. The lowest BCUT2D eigenvalue weighted by Gasteiger charge is -2.10. The highest BCUT2D eigenvalue weighted by atomic mass is 15.2. The number of hydrogen-bond donors (Lipinski definition) is 1. The van der Waals surface area contributed by atoms with Crippen LogP contribution in [0.1, 0.15) is 39.2 Å². The molecule has 1 unspecified atom stereocenters. The molecule has 76 valence electrons. The third kappa shape index (κ3) is 1.31. The van der Waals surface area contributed by atoms with Crippen LogP contribution in [-0.2, 0) is 0 Å². The van der Waals surface area contributed by atoms with Gasteiger partial charge < -0.3 is 9.88 Å². The van der Waals surface area contributed by atoms with E-state index in [1.54, 1.807) is 0 Å². The summed E-state index contributed by atoms with van der Waals surface area (Å²) >= 11 is 0. The van der Waals surface area contributed by atoms with Crippen LogP contribution >= 0.6 is 0 Å². The summed E-state index contributed by atoms with van der Waals surface area (Å²) in [6.45, 7) is 4.64. The number of hydrogen-bond acceptors (Lipinski definition) is 2. The van der Waals surface area contributed by atoms with Gasteiger partial charge in [-0.25, -0.2) is 4.98 Å². The summed E-state index contributed by atoms with van der Waals surface area (Å²) in [5.74, 6) is 1.07. The third-order valence-corrected chi connectivity index (χ3v) is 3.38. The maximum atomic E-state index is 4.38. The molecule has 1 aromatic heterocycles. The summed E-state index contributed by atoms with van der Waals surface area (Å²) in [4.78, 5) is 4.38. The first-order valence-corrected chi connectivity index (χ1v) is 5.46. The van der Waals surface area contributed by atoms with Crippen molar-refractivity contribution in [3.05, 3.63) is 12.4 Å². The van der Waals surface area contributed by atoms with Crippen LogP contribution < -0.4 is 5.32 Å². The predicted octanol–water partition coefficient (Wildman–Crippen LogP) is 2.43. The maximum absolute atomic E-state index is 4.38. The highest BCUT2D eigenvalue weighted by molar-refractivity contribution is 5.32. The van der Waals surface area contributed by atoms with Crippen LogP contribution in [0.2, 0.25) is 0 Å². The molecule has 2 fully saturated rings. The van der Waals surface area contributed by atoms with E-state index in [1.807, 2.05) is 6.20 Å². The van der Waals surface area contributed by atoms with Gasteiger partial charge in [0.05, 0.1) is 0 Å². The van der Waals surface area contributed by atoms with Crippen molar-refractivity contribution >= 4 is 5.95 Å². The van der Waals surface area contributed by atoms with E-state index in [1.165, 1.54) is 19.3 Å². The average molecular weight is 191 g/mol. The summed E-state index contributed by atoms with van der Waals surface area (Å²) < 4.78 is 2.30. The Morgan fingerprint density at radius 1 is 1.50 bits per heavy atom. The van der Waals surface area contributed by atoms with Gasteiger partial charge in [-0.15, -0.1) is 0 Å². The van der Waals surface area contributed by atoms with Gasteiger partial charge in [0.1, 0.15) is 0 Å². The number of anilines is 1. The molecule has 0 spiro atoms. The second-order valence-corrected chi connectivity index (χ2v) is 5.29. The van der Waals surface area contributed by atoms with Gasteiger partial charge in [-0.2, -0.15) is 0 Å². The van der Waals surface area contributed by atoms with Crippen molar-refractivity contribution in [2.75, 3.05) is 5.32 Å². The fourth-order valence-corrected chi connectivity index (χ4v) is 2.00. The van der Waals surface area contributed by atoms with Crippen LogP contribution in [0.25, 0.3) is 0 Å². The van der Waals surface area contributed by atoms with E-state index in [0.717, 1.165) is 5.95 Å². The monoisotopic (exact) mass is 191 g/mol. The molecule has 1 aromatic rings. The Morgan fingerprint density at radius 3 is 2.79 bits per heavy atom. The molecule has 1 heterocycles. The van der Waals surface area contributed by atoms with E-state index in [2.05, 4.69) is 34.9 Å². The molecule has 3 nitrogen and oxygen atoms in total. The van der Waals surface area contributed by atoms with E-state index >= 15 is 0 Å². The molecule has 3 heteroatoms. The zero-order valence-corrected chi connectivity index (χ0v) is 8.83. The van der Waals surface area contributed by atoms with Crippen LogP contribution in [0.15, 0.2) is 12.4 Å². The normalized spacial score (nSPS) is 28.9. The van der Waals surface area contributed by atoms with Crippen molar-refractivity contribution < 1.29 is 0 Å². The molecule has 2 aliphatic rings. The van der Waals surface area contributed by atoms with Crippen LogP contribution in [0, 0.1) is 5.41 Å². The fourth-order valence-electron chi connectivity index (χ4n) is 2.00. The molecule has 0 amide bonds. The summed E-state index contributed by atoms with van der Waals surface area (Å²) in [6, 6.07) is 1.35. The van der Waals surface area contributed by atoms with E-state index in [9.17, 15) is 0 Å².